The molecule has 0 spiro atoms. The van der Waals surface area contributed by atoms with Crippen molar-refractivity contribution in [2.24, 2.45) is 0 Å². The first kappa shape index (κ1) is 22.4. The molecule has 0 fully saturated rings. The summed E-state index contributed by atoms with van der Waals surface area (Å²) in [5.41, 5.74) is 2.24. The number of hydrogen-bond donors (Lipinski definition) is 2. The number of carbonyl (C=O) groups is 2. The SMILES string of the molecule is COc1ccccc1C(=O)Nc1nc(-c2sc(NC(=O)c3ccccc3OC)nc2C)cs1. The first-order valence-electron chi connectivity index (χ1n) is 9.82. The van der Waals surface area contributed by atoms with E-state index in [4.69, 9.17) is 9.47 Å². The van der Waals surface area contributed by atoms with Crippen LogP contribution in [0.15, 0.2) is 53.9 Å². The molecule has 2 aromatic heterocycles. The molecule has 0 radical (unpaired) electrons. The molecular weight excluding hydrogens is 460 g/mol. The minimum atomic E-state index is -0.309. The van der Waals surface area contributed by atoms with E-state index in [9.17, 15) is 9.59 Å². The van der Waals surface area contributed by atoms with Crippen molar-refractivity contribution in [3.8, 4) is 22.1 Å². The Morgan fingerprint density at radius 1 is 0.818 bits per heavy atom. The zero-order valence-corrected chi connectivity index (χ0v) is 19.7. The van der Waals surface area contributed by atoms with E-state index >= 15 is 0 Å². The van der Waals surface area contributed by atoms with Gasteiger partial charge >= 0.3 is 0 Å². The lowest BCUT2D eigenvalue weighted by atomic mass is 10.2. The Morgan fingerprint density at radius 2 is 1.36 bits per heavy atom. The van der Waals surface area contributed by atoms with Crippen LogP contribution in [0.4, 0.5) is 10.3 Å². The fourth-order valence-electron chi connectivity index (χ4n) is 3.12. The number of hydrogen-bond acceptors (Lipinski definition) is 8. The van der Waals surface area contributed by atoms with Gasteiger partial charge in [-0.05, 0) is 31.2 Å². The zero-order valence-electron chi connectivity index (χ0n) is 18.0. The Labute approximate surface area is 198 Å². The largest absolute Gasteiger partial charge is 0.496 e. The molecule has 33 heavy (non-hydrogen) atoms. The fourth-order valence-corrected chi connectivity index (χ4v) is 4.81. The number of ether oxygens (including phenoxy) is 2. The van der Waals surface area contributed by atoms with Gasteiger partial charge in [0.25, 0.3) is 11.8 Å². The molecule has 4 rings (SSSR count). The molecule has 0 unspecified atom stereocenters. The lowest BCUT2D eigenvalue weighted by molar-refractivity contribution is 0.101. The number of rotatable bonds is 7. The highest BCUT2D eigenvalue weighted by Gasteiger charge is 2.18. The van der Waals surface area contributed by atoms with Crippen LogP contribution in [0.2, 0.25) is 0 Å². The summed E-state index contributed by atoms with van der Waals surface area (Å²) in [7, 11) is 3.04. The average Bonchev–Trinajstić information content (AvgIpc) is 3.44. The molecule has 0 aliphatic heterocycles. The minimum Gasteiger partial charge on any atom is -0.496 e. The van der Waals surface area contributed by atoms with E-state index in [1.54, 1.807) is 48.5 Å². The number of para-hydroxylation sites is 2. The monoisotopic (exact) mass is 480 g/mol. The molecule has 0 saturated heterocycles. The van der Waals surface area contributed by atoms with Crippen LogP contribution in [0, 0.1) is 6.92 Å². The first-order valence-corrected chi connectivity index (χ1v) is 11.5. The van der Waals surface area contributed by atoms with Gasteiger partial charge in [-0.25, -0.2) is 9.97 Å². The van der Waals surface area contributed by atoms with E-state index in [0.29, 0.717) is 38.6 Å². The van der Waals surface area contributed by atoms with Crippen LogP contribution in [0.1, 0.15) is 26.4 Å². The van der Waals surface area contributed by atoms with Gasteiger partial charge in [0.15, 0.2) is 10.3 Å². The highest BCUT2D eigenvalue weighted by Crippen LogP contribution is 2.35. The molecule has 0 bridgehead atoms. The van der Waals surface area contributed by atoms with Crippen LogP contribution in [-0.2, 0) is 0 Å². The van der Waals surface area contributed by atoms with E-state index in [1.807, 2.05) is 12.3 Å². The zero-order chi connectivity index (χ0) is 23.4. The third kappa shape index (κ3) is 4.86. The maximum absolute atomic E-state index is 12.7. The van der Waals surface area contributed by atoms with Crippen molar-refractivity contribution in [2.45, 2.75) is 6.92 Å². The molecule has 2 heterocycles. The van der Waals surface area contributed by atoms with Crippen LogP contribution < -0.4 is 20.1 Å². The predicted octanol–water partition coefficient (Wildman–Crippen LogP) is 5.10. The van der Waals surface area contributed by atoms with Gasteiger partial charge in [-0.3, -0.25) is 20.2 Å². The number of amides is 2. The number of nitrogens with zero attached hydrogens (tertiary/aromatic N) is 2. The molecule has 2 amide bonds. The molecule has 2 N–H and O–H groups in total. The normalized spacial score (nSPS) is 10.5. The third-order valence-corrected chi connectivity index (χ3v) is 6.53. The number of thiazole rings is 2. The molecule has 8 nitrogen and oxygen atoms in total. The van der Waals surface area contributed by atoms with Crippen molar-refractivity contribution >= 4 is 44.8 Å². The second-order valence-electron chi connectivity index (χ2n) is 6.78. The van der Waals surface area contributed by atoms with E-state index in [1.165, 1.54) is 36.9 Å². The molecule has 168 valence electrons. The maximum atomic E-state index is 12.7. The van der Waals surface area contributed by atoms with Crippen molar-refractivity contribution in [2.75, 3.05) is 24.9 Å². The Morgan fingerprint density at radius 3 is 1.94 bits per heavy atom. The van der Waals surface area contributed by atoms with Gasteiger partial charge in [-0.15, -0.1) is 11.3 Å². The Bertz CT molecular complexity index is 1320. The molecular formula is C23H20N4O4S2. The standard InChI is InChI=1S/C23H20N4O4S2/c1-13-19(33-23(24-13)27-21(29)15-9-5-7-11-18(15)31-3)16-12-32-22(25-16)26-20(28)14-8-4-6-10-17(14)30-2/h4-12H,1-3H3,(H,24,27,29)(H,25,26,28). The average molecular weight is 481 g/mol. The van der Waals surface area contributed by atoms with Gasteiger partial charge in [-0.2, -0.15) is 0 Å². The summed E-state index contributed by atoms with van der Waals surface area (Å²) < 4.78 is 10.5. The number of carbonyl (C=O) groups excluding carboxylic acids is 2. The Kier molecular flexibility index (Phi) is 6.66. The van der Waals surface area contributed by atoms with E-state index < -0.39 is 0 Å². The number of aromatic nitrogens is 2. The van der Waals surface area contributed by atoms with E-state index in [2.05, 4.69) is 20.6 Å². The highest BCUT2D eigenvalue weighted by atomic mass is 32.1. The van der Waals surface area contributed by atoms with Crippen molar-refractivity contribution in [3.05, 3.63) is 70.7 Å². The summed E-state index contributed by atoms with van der Waals surface area (Å²) in [6.07, 6.45) is 0. The summed E-state index contributed by atoms with van der Waals surface area (Å²) in [4.78, 5) is 35.1. The number of methoxy groups -OCH3 is 2. The van der Waals surface area contributed by atoms with Crippen molar-refractivity contribution in [1.29, 1.82) is 0 Å². The van der Waals surface area contributed by atoms with Gasteiger partial charge in [0.05, 0.1) is 41.6 Å². The van der Waals surface area contributed by atoms with Crippen molar-refractivity contribution in [3.63, 3.8) is 0 Å². The van der Waals surface area contributed by atoms with E-state index in [0.717, 1.165) is 10.6 Å². The second kappa shape index (κ2) is 9.80. The second-order valence-corrected chi connectivity index (χ2v) is 8.64. The van der Waals surface area contributed by atoms with Crippen molar-refractivity contribution < 1.29 is 19.1 Å². The fraction of sp³-hybridized carbons (Fsp3) is 0.130. The van der Waals surface area contributed by atoms with Gasteiger partial charge in [-0.1, -0.05) is 35.6 Å². The minimum absolute atomic E-state index is 0.306. The molecule has 2 aromatic carbocycles. The Balaban J connectivity index is 1.50. The maximum Gasteiger partial charge on any atom is 0.261 e. The van der Waals surface area contributed by atoms with Gasteiger partial charge in [0.2, 0.25) is 0 Å². The van der Waals surface area contributed by atoms with Crippen LogP contribution in [0.5, 0.6) is 11.5 Å². The topological polar surface area (TPSA) is 102 Å². The molecule has 0 aliphatic carbocycles. The van der Waals surface area contributed by atoms with Crippen molar-refractivity contribution in [1.82, 2.24) is 9.97 Å². The quantitative estimate of drug-likeness (QED) is 0.382. The highest BCUT2D eigenvalue weighted by molar-refractivity contribution is 7.20. The van der Waals surface area contributed by atoms with Crippen LogP contribution in [0.3, 0.4) is 0 Å². The smallest absolute Gasteiger partial charge is 0.261 e. The van der Waals surface area contributed by atoms with Gasteiger partial charge in [0.1, 0.15) is 11.5 Å². The summed E-state index contributed by atoms with van der Waals surface area (Å²) in [5, 5.41) is 8.36. The van der Waals surface area contributed by atoms with Gasteiger partial charge < -0.3 is 9.47 Å². The van der Waals surface area contributed by atoms with Crippen LogP contribution in [-0.4, -0.2) is 36.0 Å². The summed E-state index contributed by atoms with van der Waals surface area (Å²) in [6.45, 7) is 1.84. The lowest BCUT2D eigenvalue weighted by Crippen LogP contribution is -2.12. The number of benzene rings is 2. The van der Waals surface area contributed by atoms with Gasteiger partial charge in [0, 0.05) is 5.38 Å². The summed E-state index contributed by atoms with van der Waals surface area (Å²) >= 11 is 2.62. The molecule has 0 saturated carbocycles. The number of nitrogens with one attached hydrogen (secondary N) is 2. The first-order chi connectivity index (χ1) is 16.0. The lowest BCUT2D eigenvalue weighted by Gasteiger charge is -2.07. The predicted molar refractivity (Wildman–Crippen MR) is 130 cm³/mol. The molecule has 10 heteroatoms. The molecule has 0 aliphatic rings. The third-order valence-electron chi connectivity index (χ3n) is 4.68. The number of anilines is 2. The summed E-state index contributed by atoms with van der Waals surface area (Å²) in [6, 6.07) is 14.0. The van der Waals surface area contributed by atoms with Crippen LogP contribution in [0.25, 0.3) is 10.6 Å². The summed E-state index contributed by atoms with van der Waals surface area (Å²) in [5.74, 6) is 0.355. The Hall–Kier alpha value is -3.76. The number of aryl methyl sites for hydroxylation is 1. The van der Waals surface area contributed by atoms with E-state index in [-0.39, 0.29) is 11.8 Å². The molecule has 0 atom stereocenters. The molecule has 4 aromatic rings. The van der Waals surface area contributed by atoms with Crippen LogP contribution >= 0.6 is 22.7 Å².